The van der Waals surface area contributed by atoms with Gasteiger partial charge in [0.15, 0.2) is 23.1 Å². The quantitative estimate of drug-likeness (QED) is 0.310. The topological polar surface area (TPSA) is 55.8 Å². The van der Waals surface area contributed by atoms with Gasteiger partial charge in [0, 0.05) is 52.8 Å². The average Bonchev–Trinajstić information content (AvgIpc) is 2.86. The normalized spacial score (nSPS) is 18.4. The van der Waals surface area contributed by atoms with Gasteiger partial charge in [0.25, 0.3) is 0 Å². The molecule has 3 aliphatic rings. The lowest BCUT2D eigenvalue weighted by Gasteiger charge is -2.42. The number of carbonyl (C=O) groups is 2. The van der Waals surface area contributed by atoms with Gasteiger partial charge in [0.2, 0.25) is 0 Å². The van der Waals surface area contributed by atoms with E-state index in [0.717, 1.165) is 67.4 Å². The molecule has 0 atom stereocenters. The zero-order valence-electron chi connectivity index (χ0n) is 20.5. The van der Waals surface area contributed by atoms with Crippen molar-refractivity contribution < 1.29 is 19.1 Å². The molecular weight excluding hydrogens is 633 g/mol. The van der Waals surface area contributed by atoms with Gasteiger partial charge < -0.3 is 14.4 Å². The second-order valence-electron chi connectivity index (χ2n) is 9.44. The van der Waals surface area contributed by atoms with Gasteiger partial charge >= 0.3 is 0 Å². The van der Waals surface area contributed by atoms with E-state index in [0.29, 0.717) is 37.6 Å². The lowest BCUT2D eigenvalue weighted by Crippen LogP contribution is -2.37. The van der Waals surface area contributed by atoms with Crippen LogP contribution in [0.4, 0.5) is 0 Å². The Morgan fingerprint density at radius 3 is 2.14 bits per heavy atom. The molecule has 0 saturated carbocycles. The second kappa shape index (κ2) is 10.7. The van der Waals surface area contributed by atoms with E-state index in [1.165, 1.54) is 0 Å². The van der Waals surface area contributed by atoms with Gasteiger partial charge in [-0.2, -0.15) is 0 Å². The van der Waals surface area contributed by atoms with Crippen LogP contribution >= 0.6 is 38.5 Å². The molecule has 0 spiro atoms. The highest BCUT2D eigenvalue weighted by Crippen LogP contribution is 2.50. The summed E-state index contributed by atoms with van der Waals surface area (Å²) in [5.41, 5.74) is 5.72. The first-order chi connectivity index (χ1) is 17.4. The molecule has 0 aromatic heterocycles. The zero-order chi connectivity index (χ0) is 25.4. The third-order valence-corrected chi connectivity index (χ3v) is 8.54. The number of Topliss-reactive ketones (excluding diaryl/α,β-unsaturated/α-hetero) is 2. The molecule has 7 heteroatoms. The van der Waals surface area contributed by atoms with Crippen LogP contribution in [0.3, 0.4) is 0 Å². The molecule has 0 N–H and O–H groups in total. The molecule has 0 bridgehead atoms. The van der Waals surface area contributed by atoms with E-state index in [9.17, 15) is 9.59 Å². The van der Waals surface area contributed by atoms with E-state index in [2.05, 4.69) is 49.5 Å². The molecule has 0 fully saturated rings. The highest BCUT2D eigenvalue weighted by Gasteiger charge is 2.42. The van der Waals surface area contributed by atoms with Crippen molar-refractivity contribution in [3.05, 3.63) is 78.1 Å². The van der Waals surface area contributed by atoms with Crippen molar-refractivity contribution in [1.82, 2.24) is 4.90 Å². The van der Waals surface area contributed by atoms with E-state index in [-0.39, 0.29) is 17.5 Å². The highest BCUT2D eigenvalue weighted by atomic mass is 127. The fraction of sp³-hybridized carbons (Fsp3) is 0.379. The Morgan fingerprint density at radius 1 is 0.944 bits per heavy atom. The first-order valence-corrected chi connectivity index (χ1v) is 14.4. The molecule has 0 saturated heterocycles. The van der Waals surface area contributed by atoms with Crippen molar-refractivity contribution in [2.75, 3.05) is 13.7 Å². The van der Waals surface area contributed by atoms with Crippen LogP contribution < -0.4 is 9.47 Å². The number of nitrogens with zero attached hydrogens (tertiary/aromatic N) is 1. The number of hydrogen-bond acceptors (Lipinski definition) is 5. The fourth-order valence-corrected chi connectivity index (χ4v) is 6.63. The largest absolute Gasteiger partial charge is 0.490 e. The van der Waals surface area contributed by atoms with Crippen LogP contribution in [0.1, 0.15) is 62.5 Å². The lowest BCUT2D eigenvalue weighted by molar-refractivity contribution is -0.117. The Balaban J connectivity index is 1.59. The summed E-state index contributed by atoms with van der Waals surface area (Å²) >= 11 is 5.75. The molecule has 1 heterocycles. The summed E-state index contributed by atoms with van der Waals surface area (Å²) in [5, 5.41) is 0. The molecule has 188 valence electrons. The first kappa shape index (κ1) is 25.5. The molecule has 0 amide bonds. The van der Waals surface area contributed by atoms with E-state index in [4.69, 9.17) is 9.47 Å². The van der Waals surface area contributed by atoms with Crippen molar-refractivity contribution >= 4 is 50.1 Å². The number of hydrogen-bond donors (Lipinski definition) is 0. The molecule has 2 aliphatic carbocycles. The Hall–Kier alpha value is -2.13. The number of benzene rings is 2. The maximum absolute atomic E-state index is 13.3. The molecule has 2 aromatic carbocycles. The molecule has 0 radical (unpaired) electrons. The maximum atomic E-state index is 13.3. The Bertz CT molecular complexity index is 1240. The van der Waals surface area contributed by atoms with Crippen LogP contribution in [0.25, 0.3) is 0 Å². The minimum atomic E-state index is -0.347. The van der Waals surface area contributed by atoms with Gasteiger partial charge in [-0.15, -0.1) is 0 Å². The minimum absolute atomic E-state index is 0.154. The maximum Gasteiger partial charge on any atom is 0.174 e. The van der Waals surface area contributed by atoms with Crippen LogP contribution in [0.15, 0.2) is 63.4 Å². The van der Waals surface area contributed by atoms with Gasteiger partial charge in [-0.05, 0) is 90.6 Å². The van der Waals surface area contributed by atoms with E-state index in [1.54, 1.807) is 0 Å². The Kier molecular flexibility index (Phi) is 7.58. The molecular formula is C29H29BrINO4. The lowest BCUT2D eigenvalue weighted by atomic mass is 9.71. The summed E-state index contributed by atoms with van der Waals surface area (Å²) in [7, 11) is 2.02. The van der Waals surface area contributed by atoms with Crippen molar-refractivity contribution in [2.24, 2.45) is 0 Å². The SMILES string of the molecule is CCOc1cc(C2C3=C(CCCC3=O)N(C)C3=C2C(=O)CCC3)cc(I)c1OCc1ccc(Br)cc1. The number of halogens is 2. The van der Waals surface area contributed by atoms with Crippen LogP contribution in [-0.4, -0.2) is 30.1 Å². The van der Waals surface area contributed by atoms with Crippen LogP contribution in [0.5, 0.6) is 11.5 Å². The standard InChI is InChI=1S/C29H29BrINO4/c1-3-35-25-15-18(14-20(31)29(25)36-16-17-10-12-19(30)13-11-17)26-27-21(6-4-8-23(27)33)32(2)22-7-5-9-24(34)28(22)26/h10-15,26H,3-9,16H2,1-2H3. The van der Waals surface area contributed by atoms with Crippen LogP contribution in [-0.2, 0) is 16.2 Å². The minimum Gasteiger partial charge on any atom is -0.490 e. The van der Waals surface area contributed by atoms with Gasteiger partial charge in [0.05, 0.1) is 10.2 Å². The molecule has 2 aromatic rings. The highest BCUT2D eigenvalue weighted by molar-refractivity contribution is 14.1. The summed E-state index contributed by atoms with van der Waals surface area (Å²) in [5.74, 6) is 1.29. The van der Waals surface area contributed by atoms with Crippen LogP contribution in [0.2, 0.25) is 0 Å². The predicted molar refractivity (Wildman–Crippen MR) is 151 cm³/mol. The Morgan fingerprint density at radius 2 is 1.56 bits per heavy atom. The number of carbonyl (C=O) groups excluding carboxylic acids is 2. The summed E-state index contributed by atoms with van der Waals surface area (Å²) < 4.78 is 14.2. The van der Waals surface area contributed by atoms with Gasteiger partial charge in [0.1, 0.15) is 6.61 Å². The number of ketones is 2. The smallest absolute Gasteiger partial charge is 0.174 e. The van der Waals surface area contributed by atoms with Crippen molar-refractivity contribution in [1.29, 1.82) is 0 Å². The van der Waals surface area contributed by atoms with E-state index in [1.807, 2.05) is 44.3 Å². The third kappa shape index (κ3) is 4.76. The number of allylic oxidation sites excluding steroid dienone is 4. The molecule has 5 nitrogen and oxygen atoms in total. The first-order valence-electron chi connectivity index (χ1n) is 12.5. The summed E-state index contributed by atoms with van der Waals surface area (Å²) in [4.78, 5) is 28.7. The van der Waals surface area contributed by atoms with Crippen molar-refractivity contribution in [3.63, 3.8) is 0 Å². The summed E-state index contributed by atoms with van der Waals surface area (Å²) in [6.45, 7) is 2.85. The van der Waals surface area contributed by atoms with Crippen molar-refractivity contribution in [2.45, 2.75) is 58.0 Å². The van der Waals surface area contributed by atoms with Gasteiger partial charge in [-0.25, -0.2) is 0 Å². The molecule has 1 aliphatic heterocycles. The number of rotatable bonds is 6. The fourth-order valence-electron chi connectivity index (χ4n) is 5.58. The zero-order valence-corrected chi connectivity index (χ0v) is 24.3. The van der Waals surface area contributed by atoms with Gasteiger partial charge in [-0.3, -0.25) is 9.59 Å². The van der Waals surface area contributed by atoms with E-state index < -0.39 is 0 Å². The Labute approximate surface area is 234 Å². The molecule has 5 rings (SSSR count). The number of ether oxygens (including phenoxy) is 2. The third-order valence-electron chi connectivity index (χ3n) is 7.21. The van der Waals surface area contributed by atoms with Crippen LogP contribution in [0, 0.1) is 3.57 Å². The average molecular weight is 662 g/mol. The predicted octanol–water partition coefficient (Wildman–Crippen LogP) is 7.07. The van der Waals surface area contributed by atoms with E-state index >= 15 is 0 Å². The van der Waals surface area contributed by atoms with Crippen molar-refractivity contribution in [3.8, 4) is 11.5 Å². The second-order valence-corrected chi connectivity index (χ2v) is 11.5. The molecule has 0 unspecified atom stereocenters. The monoisotopic (exact) mass is 661 g/mol. The summed E-state index contributed by atoms with van der Waals surface area (Å²) in [6.07, 6.45) is 4.50. The molecule has 36 heavy (non-hydrogen) atoms. The summed E-state index contributed by atoms with van der Waals surface area (Å²) in [6, 6.07) is 12.1. The van der Waals surface area contributed by atoms with Gasteiger partial charge in [-0.1, -0.05) is 28.1 Å².